The molecule has 16 heavy (non-hydrogen) atoms. The van der Waals surface area contributed by atoms with Crippen molar-refractivity contribution in [1.82, 2.24) is 0 Å². The number of carbonyl (C=O) groups excluding carboxylic acids is 2. The van der Waals surface area contributed by atoms with Crippen molar-refractivity contribution in [2.24, 2.45) is 5.92 Å². The molecule has 0 aliphatic heterocycles. The second kappa shape index (κ2) is 4.92. The number of esters is 1. The Morgan fingerprint density at radius 3 is 2.69 bits per heavy atom. The monoisotopic (exact) mass is 218 g/mol. The molecule has 3 nitrogen and oxygen atoms in total. The number of hydrogen-bond donors (Lipinski definition) is 0. The molecule has 0 N–H and O–H groups in total. The van der Waals surface area contributed by atoms with Crippen molar-refractivity contribution in [3.05, 3.63) is 30.3 Å². The van der Waals surface area contributed by atoms with Gasteiger partial charge in [-0.3, -0.25) is 9.59 Å². The van der Waals surface area contributed by atoms with Crippen LogP contribution < -0.4 is 4.74 Å². The number of Topliss-reactive ketones (excluding diaryl/α,β-unsaturated/α-hetero) is 1. The molecule has 0 bridgehead atoms. The zero-order valence-corrected chi connectivity index (χ0v) is 9.02. The van der Waals surface area contributed by atoms with E-state index in [-0.39, 0.29) is 17.7 Å². The molecule has 84 valence electrons. The van der Waals surface area contributed by atoms with E-state index in [4.69, 9.17) is 4.74 Å². The van der Waals surface area contributed by atoms with Crippen LogP contribution in [0.3, 0.4) is 0 Å². The zero-order valence-electron chi connectivity index (χ0n) is 9.02. The SMILES string of the molecule is O=C1CCC(CC(=O)Oc2ccccc2)C1. The highest BCUT2D eigenvalue weighted by Crippen LogP contribution is 2.25. The minimum atomic E-state index is -0.245. The zero-order chi connectivity index (χ0) is 11.4. The molecule has 0 radical (unpaired) electrons. The summed E-state index contributed by atoms with van der Waals surface area (Å²) >= 11 is 0. The van der Waals surface area contributed by atoms with Gasteiger partial charge in [-0.1, -0.05) is 18.2 Å². The Hall–Kier alpha value is -1.64. The molecule has 1 aromatic carbocycles. The van der Waals surface area contributed by atoms with Crippen LogP contribution in [0.15, 0.2) is 30.3 Å². The third kappa shape index (κ3) is 2.92. The van der Waals surface area contributed by atoms with Crippen LogP contribution in [0.1, 0.15) is 25.7 Å². The summed E-state index contributed by atoms with van der Waals surface area (Å²) in [4.78, 5) is 22.6. The van der Waals surface area contributed by atoms with Crippen LogP contribution in [0, 0.1) is 5.92 Å². The van der Waals surface area contributed by atoms with E-state index in [1.165, 1.54) is 0 Å². The Morgan fingerprint density at radius 1 is 1.31 bits per heavy atom. The maximum atomic E-state index is 11.5. The molecular formula is C13H14O3. The minimum absolute atomic E-state index is 0.184. The van der Waals surface area contributed by atoms with Gasteiger partial charge in [0.15, 0.2) is 0 Å². The average molecular weight is 218 g/mol. The van der Waals surface area contributed by atoms with Crippen LogP contribution in [0.2, 0.25) is 0 Å². The van der Waals surface area contributed by atoms with Crippen LogP contribution in [-0.4, -0.2) is 11.8 Å². The molecule has 0 heterocycles. The first-order valence-electron chi connectivity index (χ1n) is 5.51. The fourth-order valence-electron chi connectivity index (χ4n) is 1.96. The van der Waals surface area contributed by atoms with Crippen LogP contribution in [0.25, 0.3) is 0 Å². The molecule has 0 amide bonds. The lowest BCUT2D eigenvalue weighted by molar-refractivity contribution is -0.135. The van der Waals surface area contributed by atoms with Crippen molar-refractivity contribution in [1.29, 1.82) is 0 Å². The Labute approximate surface area is 94.4 Å². The van der Waals surface area contributed by atoms with Crippen LogP contribution in [0.4, 0.5) is 0 Å². The van der Waals surface area contributed by atoms with E-state index in [9.17, 15) is 9.59 Å². The van der Waals surface area contributed by atoms with Gasteiger partial charge in [-0.05, 0) is 24.5 Å². The Balaban J connectivity index is 1.83. The Bertz CT molecular complexity index is 383. The largest absolute Gasteiger partial charge is 0.427 e. The van der Waals surface area contributed by atoms with Crippen molar-refractivity contribution < 1.29 is 14.3 Å². The third-order valence-electron chi connectivity index (χ3n) is 2.78. The number of ketones is 1. The first-order valence-corrected chi connectivity index (χ1v) is 5.51. The highest BCUT2D eigenvalue weighted by Gasteiger charge is 2.24. The molecule has 2 rings (SSSR count). The van der Waals surface area contributed by atoms with Gasteiger partial charge in [-0.15, -0.1) is 0 Å². The van der Waals surface area contributed by atoms with Gasteiger partial charge >= 0.3 is 5.97 Å². The fraction of sp³-hybridized carbons (Fsp3) is 0.385. The second-order valence-electron chi connectivity index (χ2n) is 4.14. The molecule has 1 atom stereocenters. The lowest BCUT2D eigenvalue weighted by atomic mass is 10.0. The Kier molecular flexibility index (Phi) is 3.34. The first kappa shape index (κ1) is 10.9. The summed E-state index contributed by atoms with van der Waals surface area (Å²) in [5.41, 5.74) is 0. The average Bonchev–Trinajstić information content (AvgIpc) is 2.65. The maximum Gasteiger partial charge on any atom is 0.311 e. The van der Waals surface area contributed by atoms with E-state index in [2.05, 4.69) is 0 Å². The molecular weight excluding hydrogens is 204 g/mol. The van der Waals surface area contributed by atoms with Gasteiger partial charge in [0.1, 0.15) is 11.5 Å². The van der Waals surface area contributed by atoms with E-state index in [0.29, 0.717) is 25.0 Å². The number of rotatable bonds is 3. The molecule has 1 saturated carbocycles. The third-order valence-corrected chi connectivity index (χ3v) is 2.78. The molecule has 0 aromatic heterocycles. The molecule has 1 aliphatic carbocycles. The molecule has 1 aromatic rings. The molecule has 1 aliphatic rings. The van der Waals surface area contributed by atoms with E-state index >= 15 is 0 Å². The summed E-state index contributed by atoms with van der Waals surface area (Å²) in [6, 6.07) is 9.01. The predicted molar refractivity (Wildman–Crippen MR) is 59.0 cm³/mol. The van der Waals surface area contributed by atoms with Gasteiger partial charge < -0.3 is 4.74 Å². The quantitative estimate of drug-likeness (QED) is 0.577. The van der Waals surface area contributed by atoms with Crippen molar-refractivity contribution in [2.45, 2.75) is 25.7 Å². The van der Waals surface area contributed by atoms with Crippen molar-refractivity contribution in [2.75, 3.05) is 0 Å². The van der Waals surface area contributed by atoms with E-state index in [1.54, 1.807) is 12.1 Å². The van der Waals surface area contributed by atoms with E-state index < -0.39 is 0 Å². The van der Waals surface area contributed by atoms with Gasteiger partial charge in [0, 0.05) is 19.3 Å². The normalized spacial score (nSPS) is 19.8. The lowest BCUT2D eigenvalue weighted by Gasteiger charge is -2.07. The maximum absolute atomic E-state index is 11.5. The fourth-order valence-corrected chi connectivity index (χ4v) is 1.96. The van der Waals surface area contributed by atoms with Gasteiger partial charge in [-0.25, -0.2) is 0 Å². The summed E-state index contributed by atoms with van der Waals surface area (Å²) in [6.45, 7) is 0. The van der Waals surface area contributed by atoms with Crippen molar-refractivity contribution in [3.8, 4) is 5.75 Å². The number of hydrogen-bond acceptors (Lipinski definition) is 3. The van der Waals surface area contributed by atoms with Gasteiger partial charge in [0.2, 0.25) is 0 Å². The molecule has 3 heteroatoms. The predicted octanol–water partition coefficient (Wildman–Crippen LogP) is 2.35. The topological polar surface area (TPSA) is 43.4 Å². The minimum Gasteiger partial charge on any atom is -0.427 e. The van der Waals surface area contributed by atoms with Crippen LogP contribution in [0.5, 0.6) is 5.75 Å². The summed E-state index contributed by atoms with van der Waals surface area (Å²) < 4.78 is 5.16. The lowest BCUT2D eigenvalue weighted by Crippen LogP contribution is -2.12. The second-order valence-corrected chi connectivity index (χ2v) is 4.14. The van der Waals surface area contributed by atoms with Crippen LogP contribution in [-0.2, 0) is 9.59 Å². The highest BCUT2D eigenvalue weighted by atomic mass is 16.5. The van der Waals surface area contributed by atoms with Gasteiger partial charge in [0.25, 0.3) is 0 Å². The summed E-state index contributed by atoms with van der Waals surface area (Å²) in [5, 5.41) is 0. The summed E-state index contributed by atoms with van der Waals surface area (Å²) in [7, 11) is 0. The van der Waals surface area contributed by atoms with Gasteiger partial charge in [0.05, 0.1) is 0 Å². The molecule has 1 fully saturated rings. The summed E-state index contributed by atoms with van der Waals surface area (Å²) in [6.07, 6.45) is 2.32. The number of ether oxygens (including phenoxy) is 1. The molecule has 0 spiro atoms. The number of carbonyl (C=O) groups is 2. The number of para-hydroxylation sites is 1. The van der Waals surface area contributed by atoms with E-state index in [0.717, 1.165) is 6.42 Å². The molecule has 0 saturated heterocycles. The standard InChI is InChI=1S/C13H14O3/c14-11-7-6-10(8-11)9-13(15)16-12-4-2-1-3-5-12/h1-5,10H,6-9H2. The number of benzene rings is 1. The first-order chi connectivity index (χ1) is 7.74. The van der Waals surface area contributed by atoms with Gasteiger partial charge in [-0.2, -0.15) is 0 Å². The Morgan fingerprint density at radius 2 is 2.06 bits per heavy atom. The van der Waals surface area contributed by atoms with Crippen molar-refractivity contribution in [3.63, 3.8) is 0 Å². The van der Waals surface area contributed by atoms with Crippen molar-refractivity contribution >= 4 is 11.8 Å². The smallest absolute Gasteiger partial charge is 0.311 e. The van der Waals surface area contributed by atoms with E-state index in [1.807, 2.05) is 18.2 Å². The highest BCUT2D eigenvalue weighted by molar-refractivity contribution is 5.82. The summed E-state index contributed by atoms with van der Waals surface area (Å²) in [5.74, 6) is 0.768. The van der Waals surface area contributed by atoms with Crippen LogP contribution >= 0.6 is 0 Å². The molecule has 1 unspecified atom stereocenters.